The molecule has 2 atom stereocenters. The zero-order valence-electron chi connectivity index (χ0n) is 5.41. The molecule has 0 aliphatic carbocycles. The maximum absolute atomic E-state index is 11.1. The quantitative estimate of drug-likeness (QED) is 0.497. The standard InChI is InChI=1S/C6H8O3S/c7-5-3-4-1-2-6(5)10(4,8)9/h4,6H,1-3H2. The summed E-state index contributed by atoms with van der Waals surface area (Å²) in [7, 11) is -2.99. The Labute approximate surface area is 59.3 Å². The van der Waals surface area contributed by atoms with E-state index < -0.39 is 15.1 Å². The Bertz CT molecular complexity index is 277. The molecule has 2 saturated heterocycles. The lowest BCUT2D eigenvalue weighted by Gasteiger charge is -2.00. The molecular formula is C6H8O3S. The number of sulfone groups is 1. The van der Waals surface area contributed by atoms with Gasteiger partial charge in [-0.3, -0.25) is 4.79 Å². The molecule has 0 aromatic rings. The number of hydrogen-bond acceptors (Lipinski definition) is 3. The lowest BCUT2D eigenvalue weighted by molar-refractivity contribution is -0.118. The third-order valence-electron chi connectivity index (χ3n) is 2.40. The van der Waals surface area contributed by atoms with E-state index in [0.29, 0.717) is 12.8 Å². The Morgan fingerprint density at radius 2 is 2.00 bits per heavy atom. The fraction of sp³-hybridized carbons (Fsp3) is 0.833. The average Bonchev–Trinajstić information content (AvgIpc) is 2.20. The molecule has 56 valence electrons. The van der Waals surface area contributed by atoms with Crippen LogP contribution in [0.3, 0.4) is 0 Å². The zero-order valence-corrected chi connectivity index (χ0v) is 6.23. The van der Waals surface area contributed by atoms with Gasteiger partial charge in [-0.05, 0) is 12.8 Å². The number of carbonyl (C=O) groups is 1. The highest BCUT2D eigenvalue weighted by Gasteiger charge is 2.51. The van der Waals surface area contributed by atoms with Crippen molar-refractivity contribution in [2.24, 2.45) is 0 Å². The number of carbonyl (C=O) groups excluding carboxylic acids is 1. The number of fused-ring (bicyclic) bond motifs is 2. The summed E-state index contributed by atoms with van der Waals surface area (Å²) >= 11 is 0. The van der Waals surface area contributed by atoms with Crippen molar-refractivity contribution >= 4 is 15.6 Å². The highest BCUT2D eigenvalue weighted by atomic mass is 32.2. The molecule has 2 fully saturated rings. The molecule has 2 aliphatic rings. The number of Topliss-reactive ketones (excluding diaryl/α,β-unsaturated/α-hetero) is 1. The largest absolute Gasteiger partial charge is 0.298 e. The van der Waals surface area contributed by atoms with Crippen LogP contribution in [0.4, 0.5) is 0 Å². The lowest BCUT2D eigenvalue weighted by Crippen LogP contribution is -2.17. The summed E-state index contributed by atoms with van der Waals surface area (Å²) in [5, 5.41) is -0.928. The van der Waals surface area contributed by atoms with Crippen LogP contribution in [-0.2, 0) is 14.6 Å². The normalized spacial score (nSPS) is 42.6. The van der Waals surface area contributed by atoms with E-state index in [1.807, 2.05) is 0 Å². The van der Waals surface area contributed by atoms with Gasteiger partial charge < -0.3 is 0 Å². The molecule has 2 aliphatic heterocycles. The van der Waals surface area contributed by atoms with Crippen LogP contribution in [0.5, 0.6) is 0 Å². The zero-order chi connectivity index (χ0) is 7.35. The maximum Gasteiger partial charge on any atom is 0.163 e. The first-order valence-electron chi connectivity index (χ1n) is 3.38. The molecule has 2 unspecified atom stereocenters. The molecule has 0 amide bonds. The van der Waals surface area contributed by atoms with Gasteiger partial charge in [0.15, 0.2) is 15.6 Å². The van der Waals surface area contributed by atoms with Crippen LogP contribution >= 0.6 is 0 Å². The Morgan fingerprint density at radius 3 is 2.20 bits per heavy atom. The summed E-state index contributed by atoms with van der Waals surface area (Å²) < 4.78 is 22.3. The van der Waals surface area contributed by atoms with Crippen molar-refractivity contribution in [3.05, 3.63) is 0 Å². The molecule has 0 N–H and O–H groups in total. The van der Waals surface area contributed by atoms with E-state index in [2.05, 4.69) is 0 Å². The van der Waals surface area contributed by atoms with E-state index in [9.17, 15) is 13.2 Å². The molecule has 0 radical (unpaired) electrons. The molecule has 10 heavy (non-hydrogen) atoms. The Hall–Kier alpha value is -0.380. The van der Waals surface area contributed by atoms with Gasteiger partial charge >= 0.3 is 0 Å². The van der Waals surface area contributed by atoms with E-state index in [1.54, 1.807) is 0 Å². The molecule has 2 rings (SSSR count). The lowest BCUT2D eigenvalue weighted by atomic mass is 10.00. The van der Waals surface area contributed by atoms with E-state index in [1.165, 1.54) is 0 Å². The second-order valence-corrected chi connectivity index (χ2v) is 5.36. The molecule has 0 aromatic heterocycles. The van der Waals surface area contributed by atoms with Crippen LogP contribution < -0.4 is 0 Å². The van der Waals surface area contributed by atoms with Crippen molar-refractivity contribution in [1.82, 2.24) is 0 Å². The van der Waals surface area contributed by atoms with E-state index in [4.69, 9.17) is 0 Å². The molecule has 3 nitrogen and oxygen atoms in total. The van der Waals surface area contributed by atoms with Crippen molar-refractivity contribution in [2.45, 2.75) is 29.8 Å². The number of ketones is 1. The SMILES string of the molecule is O=C1CC2CCC1S2(=O)=O. The van der Waals surface area contributed by atoms with Crippen LogP contribution in [0.2, 0.25) is 0 Å². The second kappa shape index (κ2) is 1.61. The minimum atomic E-state index is -2.99. The maximum atomic E-state index is 11.1. The van der Waals surface area contributed by atoms with Crippen LogP contribution in [0, 0.1) is 0 Å². The highest BCUT2D eigenvalue weighted by Crippen LogP contribution is 2.37. The van der Waals surface area contributed by atoms with E-state index in [0.717, 1.165) is 0 Å². The fourth-order valence-corrected chi connectivity index (χ4v) is 4.07. The second-order valence-electron chi connectivity index (χ2n) is 2.95. The first kappa shape index (κ1) is 6.34. The van der Waals surface area contributed by atoms with Crippen LogP contribution in [0.15, 0.2) is 0 Å². The fourth-order valence-electron chi connectivity index (χ4n) is 1.82. The molecular weight excluding hydrogens is 152 g/mol. The summed E-state index contributed by atoms with van der Waals surface area (Å²) in [6.45, 7) is 0. The van der Waals surface area contributed by atoms with Crippen LogP contribution in [-0.4, -0.2) is 24.7 Å². The summed E-state index contributed by atoms with van der Waals surface area (Å²) in [6.07, 6.45) is 1.57. The van der Waals surface area contributed by atoms with Gasteiger partial charge in [-0.25, -0.2) is 8.42 Å². The molecule has 2 bridgehead atoms. The van der Waals surface area contributed by atoms with Gasteiger partial charge in [0.2, 0.25) is 0 Å². The molecule has 2 heterocycles. The van der Waals surface area contributed by atoms with Gasteiger partial charge in [-0.2, -0.15) is 0 Å². The molecule has 4 heteroatoms. The van der Waals surface area contributed by atoms with Gasteiger partial charge in [-0.15, -0.1) is 0 Å². The summed E-state index contributed by atoms with van der Waals surface area (Å²) in [5.74, 6) is -0.0590. The smallest absolute Gasteiger partial charge is 0.163 e. The minimum absolute atomic E-state index is 0.0590. The Morgan fingerprint density at radius 1 is 1.30 bits per heavy atom. The van der Waals surface area contributed by atoms with E-state index in [-0.39, 0.29) is 17.5 Å². The van der Waals surface area contributed by atoms with Gasteiger partial charge in [0.1, 0.15) is 5.25 Å². The van der Waals surface area contributed by atoms with Crippen molar-refractivity contribution in [1.29, 1.82) is 0 Å². The molecule has 0 saturated carbocycles. The first-order chi connectivity index (χ1) is 4.62. The summed E-state index contributed by atoms with van der Waals surface area (Å²) in [6, 6.07) is 0. The predicted molar refractivity (Wildman–Crippen MR) is 35.4 cm³/mol. The first-order valence-corrected chi connectivity index (χ1v) is 4.99. The molecule has 0 spiro atoms. The van der Waals surface area contributed by atoms with Crippen molar-refractivity contribution in [3.8, 4) is 0 Å². The van der Waals surface area contributed by atoms with Gasteiger partial charge in [0, 0.05) is 6.42 Å². The summed E-state index contributed by atoms with van der Waals surface area (Å²) in [5.41, 5.74) is 0. The van der Waals surface area contributed by atoms with Gasteiger partial charge in [0.25, 0.3) is 0 Å². The Balaban J connectivity index is 2.54. The highest BCUT2D eigenvalue weighted by molar-refractivity contribution is 7.94. The van der Waals surface area contributed by atoms with Crippen LogP contribution in [0.25, 0.3) is 0 Å². The minimum Gasteiger partial charge on any atom is -0.298 e. The third-order valence-corrected chi connectivity index (χ3v) is 5.02. The number of rotatable bonds is 0. The monoisotopic (exact) mass is 160 g/mol. The summed E-state index contributed by atoms with van der Waals surface area (Å²) in [4.78, 5) is 10.9. The number of hydrogen-bond donors (Lipinski definition) is 0. The van der Waals surface area contributed by atoms with Gasteiger partial charge in [-0.1, -0.05) is 0 Å². The topological polar surface area (TPSA) is 51.2 Å². The van der Waals surface area contributed by atoms with E-state index >= 15 is 0 Å². The van der Waals surface area contributed by atoms with Crippen LogP contribution in [0.1, 0.15) is 19.3 Å². The van der Waals surface area contributed by atoms with Crippen molar-refractivity contribution in [3.63, 3.8) is 0 Å². The average molecular weight is 160 g/mol. The third kappa shape index (κ3) is 0.551. The Kier molecular flexibility index (Phi) is 1.02. The van der Waals surface area contributed by atoms with Crippen molar-refractivity contribution in [2.75, 3.05) is 0 Å². The van der Waals surface area contributed by atoms with Gasteiger partial charge in [0.05, 0.1) is 5.25 Å². The predicted octanol–water partition coefficient (Wildman–Crippen LogP) is -0.0950. The van der Waals surface area contributed by atoms with Crippen molar-refractivity contribution < 1.29 is 13.2 Å². The molecule has 0 aromatic carbocycles.